The molecule has 1 aliphatic carbocycles. The highest BCUT2D eigenvalue weighted by molar-refractivity contribution is 7.98. The third kappa shape index (κ3) is 3.74. The summed E-state index contributed by atoms with van der Waals surface area (Å²) in [5.41, 5.74) is 5.27. The first-order chi connectivity index (χ1) is 12.8. The van der Waals surface area contributed by atoms with Gasteiger partial charge < -0.3 is 4.90 Å². The Morgan fingerprint density at radius 1 is 1.12 bits per heavy atom. The van der Waals surface area contributed by atoms with Crippen LogP contribution in [-0.4, -0.2) is 57.5 Å². The van der Waals surface area contributed by atoms with Crippen LogP contribution < -0.4 is 4.90 Å². The molecule has 1 N–H and O–H groups in total. The van der Waals surface area contributed by atoms with Gasteiger partial charge in [0.1, 0.15) is 5.82 Å². The fourth-order valence-corrected chi connectivity index (χ4v) is 4.31. The summed E-state index contributed by atoms with van der Waals surface area (Å²) in [6.45, 7) is 7.27. The van der Waals surface area contributed by atoms with Gasteiger partial charge in [0.05, 0.1) is 5.69 Å². The van der Waals surface area contributed by atoms with E-state index >= 15 is 0 Å². The molecule has 0 atom stereocenters. The van der Waals surface area contributed by atoms with Crippen molar-refractivity contribution in [2.24, 2.45) is 0 Å². The lowest BCUT2D eigenvalue weighted by molar-refractivity contribution is 0.245. The molecule has 0 aromatic carbocycles. The number of nitrogens with one attached hydrogen (secondary N) is 1. The monoisotopic (exact) mass is 372 g/mol. The number of fused-ring (bicyclic) bond motifs is 1. The summed E-state index contributed by atoms with van der Waals surface area (Å²) < 4.78 is 0. The standard InChI is InChI=1S/C19H28N6S/c1-3-14-12-18(21-19(20-14)26-2)25-10-8-24(9-11-25)13-17-15-6-4-5-7-16(15)22-23-17/h12H,3-11,13H2,1-2H3,(H,22,23). The van der Waals surface area contributed by atoms with E-state index in [1.54, 1.807) is 11.8 Å². The minimum Gasteiger partial charge on any atom is -0.354 e. The molecule has 3 heterocycles. The Kier molecular flexibility index (Phi) is 5.45. The molecule has 6 nitrogen and oxygen atoms in total. The van der Waals surface area contributed by atoms with Gasteiger partial charge in [-0.25, -0.2) is 9.97 Å². The molecular weight excluding hydrogens is 344 g/mol. The molecule has 2 aliphatic rings. The van der Waals surface area contributed by atoms with Crippen molar-refractivity contribution < 1.29 is 0 Å². The van der Waals surface area contributed by atoms with Crippen molar-refractivity contribution in [3.8, 4) is 0 Å². The van der Waals surface area contributed by atoms with Crippen molar-refractivity contribution in [3.63, 3.8) is 0 Å². The number of anilines is 1. The predicted octanol–water partition coefficient (Wildman–Crippen LogP) is 2.69. The maximum Gasteiger partial charge on any atom is 0.189 e. The Morgan fingerprint density at radius 3 is 2.69 bits per heavy atom. The van der Waals surface area contributed by atoms with Gasteiger partial charge in [-0.15, -0.1) is 0 Å². The van der Waals surface area contributed by atoms with E-state index in [-0.39, 0.29) is 0 Å². The second-order valence-electron chi connectivity index (χ2n) is 7.16. The maximum absolute atomic E-state index is 4.72. The summed E-state index contributed by atoms with van der Waals surface area (Å²) in [5, 5.41) is 8.76. The van der Waals surface area contributed by atoms with Crippen molar-refractivity contribution in [2.45, 2.75) is 50.7 Å². The number of aromatic nitrogens is 4. The van der Waals surface area contributed by atoms with Gasteiger partial charge in [-0.2, -0.15) is 5.10 Å². The Balaban J connectivity index is 1.39. The molecule has 4 rings (SSSR count). The maximum atomic E-state index is 4.72. The van der Waals surface area contributed by atoms with Crippen molar-refractivity contribution >= 4 is 17.6 Å². The zero-order valence-corrected chi connectivity index (χ0v) is 16.6. The summed E-state index contributed by atoms with van der Waals surface area (Å²) >= 11 is 1.62. The average Bonchev–Trinajstić information content (AvgIpc) is 3.11. The van der Waals surface area contributed by atoms with Gasteiger partial charge in [0.25, 0.3) is 0 Å². The number of aromatic amines is 1. The minimum atomic E-state index is 0.880. The van der Waals surface area contributed by atoms with Crippen LogP contribution in [0, 0.1) is 0 Å². The quantitative estimate of drug-likeness (QED) is 0.643. The van der Waals surface area contributed by atoms with Gasteiger partial charge in [0.15, 0.2) is 5.16 Å². The first kappa shape index (κ1) is 17.8. The molecule has 0 bridgehead atoms. The van der Waals surface area contributed by atoms with E-state index < -0.39 is 0 Å². The van der Waals surface area contributed by atoms with Crippen LogP contribution in [0.4, 0.5) is 5.82 Å². The molecule has 1 fully saturated rings. The van der Waals surface area contributed by atoms with E-state index in [0.717, 1.165) is 55.8 Å². The van der Waals surface area contributed by atoms with Gasteiger partial charge in [-0.05, 0) is 43.9 Å². The molecule has 0 unspecified atom stereocenters. The van der Waals surface area contributed by atoms with Crippen molar-refractivity contribution in [2.75, 3.05) is 37.3 Å². The van der Waals surface area contributed by atoms with Gasteiger partial charge in [0.2, 0.25) is 0 Å². The Morgan fingerprint density at radius 2 is 1.92 bits per heavy atom. The lowest BCUT2D eigenvalue weighted by Crippen LogP contribution is -2.46. The zero-order chi connectivity index (χ0) is 17.9. The molecule has 7 heteroatoms. The Hall–Kier alpha value is -1.60. The summed E-state index contributed by atoms with van der Waals surface area (Å²) in [6.07, 6.45) is 7.96. The van der Waals surface area contributed by atoms with Crippen LogP contribution in [0.2, 0.25) is 0 Å². The lowest BCUT2D eigenvalue weighted by atomic mass is 9.96. The number of aryl methyl sites for hydroxylation is 2. The van der Waals surface area contributed by atoms with Gasteiger partial charge in [-0.3, -0.25) is 10.00 Å². The Labute approximate surface area is 159 Å². The van der Waals surface area contributed by atoms with Gasteiger partial charge in [-0.1, -0.05) is 18.7 Å². The smallest absolute Gasteiger partial charge is 0.189 e. The van der Waals surface area contributed by atoms with Crippen LogP contribution >= 0.6 is 11.8 Å². The molecule has 0 radical (unpaired) electrons. The largest absolute Gasteiger partial charge is 0.354 e. The summed E-state index contributed by atoms with van der Waals surface area (Å²) in [6, 6.07) is 2.15. The van der Waals surface area contributed by atoms with E-state index in [0.29, 0.717) is 0 Å². The molecule has 0 saturated carbocycles. The molecule has 2 aromatic rings. The van der Waals surface area contributed by atoms with Crippen LogP contribution in [-0.2, 0) is 25.8 Å². The SMILES string of the molecule is CCc1cc(N2CCN(Cc3n[nH]c4c3CCCC4)CC2)nc(SC)n1. The highest BCUT2D eigenvalue weighted by Crippen LogP contribution is 2.24. The second kappa shape index (κ2) is 7.96. The third-order valence-corrected chi connectivity index (χ3v) is 6.05. The number of nitrogens with zero attached hydrogens (tertiary/aromatic N) is 5. The number of hydrogen-bond donors (Lipinski definition) is 1. The first-order valence-electron chi connectivity index (χ1n) is 9.71. The van der Waals surface area contributed by atoms with Crippen molar-refractivity contribution in [1.29, 1.82) is 0 Å². The van der Waals surface area contributed by atoms with E-state index in [1.807, 2.05) is 6.26 Å². The fraction of sp³-hybridized carbons (Fsp3) is 0.632. The van der Waals surface area contributed by atoms with E-state index in [1.165, 1.54) is 42.6 Å². The highest BCUT2D eigenvalue weighted by atomic mass is 32.2. The molecule has 140 valence electrons. The van der Waals surface area contributed by atoms with Crippen LogP contribution in [0.1, 0.15) is 42.4 Å². The fourth-order valence-electron chi connectivity index (χ4n) is 3.92. The molecule has 0 spiro atoms. The molecule has 2 aromatic heterocycles. The van der Waals surface area contributed by atoms with Crippen LogP contribution in [0.3, 0.4) is 0 Å². The van der Waals surface area contributed by atoms with Gasteiger partial charge in [0, 0.05) is 50.2 Å². The second-order valence-corrected chi connectivity index (χ2v) is 7.93. The van der Waals surface area contributed by atoms with Crippen molar-refractivity contribution in [1.82, 2.24) is 25.1 Å². The average molecular weight is 373 g/mol. The first-order valence-corrected chi connectivity index (χ1v) is 10.9. The molecule has 0 amide bonds. The van der Waals surface area contributed by atoms with Crippen LogP contribution in [0.15, 0.2) is 11.2 Å². The molecular formula is C19H28N6S. The van der Waals surface area contributed by atoms with Crippen molar-refractivity contribution in [3.05, 3.63) is 28.7 Å². The topological polar surface area (TPSA) is 60.9 Å². The third-order valence-electron chi connectivity index (χ3n) is 5.50. The number of hydrogen-bond acceptors (Lipinski definition) is 6. The molecule has 26 heavy (non-hydrogen) atoms. The van der Waals surface area contributed by atoms with E-state index in [4.69, 9.17) is 4.98 Å². The van der Waals surface area contributed by atoms with Crippen LogP contribution in [0.25, 0.3) is 0 Å². The highest BCUT2D eigenvalue weighted by Gasteiger charge is 2.23. The van der Waals surface area contributed by atoms with E-state index in [2.05, 4.69) is 38.0 Å². The normalized spacial score (nSPS) is 18.2. The minimum absolute atomic E-state index is 0.880. The number of rotatable bonds is 5. The van der Waals surface area contributed by atoms with Crippen LogP contribution in [0.5, 0.6) is 0 Å². The molecule has 1 saturated heterocycles. The Bertz CT molecular complexity index is 728. The number of H-pyrrole nitrogens is 1. The van der Waals surface area contributed by atoms with Gasteiger partial charge >= 0.3 is 0 Å². The molecule has 1 aliphatic heterocycles. The van der Waals surface area contributed by atoms with E-state index in [9.17, 15) is 0 Å². The number of piperazine rings is 1. The summed E-state index contributed by atoms with van der Waals surface area (Å²) in [7, 11) is 0. The summed E-state index contributed by atoms with van der Waals surface area (Å²) in [4.78, 5) is 14.2. The predicted molar refractivity (Wildman–Crippen MR) is 106 cm³/mol. The number of thioether (sulfide) groups is 1. The lowest BCUT2D eigenvalue weighted by Gasteiger charge is -2.35. The summed E-state index contributed by atoms with van der Waals surface area (Å²) in [5.74, 6) is 1.08. The zero-order valence-electron chi connectivity index (χ0n) is 15.8.